The number of aromatic nitrogens is 1. The highest BCUT2D eigenvalue weighted by molar-refractivity contribution is 7.73. The van der Waals surface area contributed by atoms with Crippen molar-refractivity contribution < 1.29 is 9.84 Å². The molecule has 25 heavy (non-hydrogen) atoms. The van der Waals surface area contributed by atoms with Gasteiger partial charge in [0.2, 0.25) is 5.88 Å². The average Bonchev–Trinajstić information content (AvgIpc) is 2.89. The van der Waals surface area contributed by atoms with Crippen molar-refractivity contribution in [3.63, 3.8) is 0 Å². The molecule has 0 atom stereocenters. The summed E-state index contributed by atoms with van der Waals surface area (Å²) in [5, 5.41) is 11.2. The van der Waals surface area contributed by atoms with E-state index in [9.17, 15) is 5.11 Å². The molecule has 0 fully saturated rings. The first kappa shape index (κ1) is 17.7. The number of para-hydroxylation sites is 2. The number of nitrogens with zero attached hydrogens (tertiary/aromatic N) is 2. The Balaban J connectivity index is 1.96. The molecule has 0 bridgehead atoms. The third-order valence-corrected chi connectivity index (χ3v) is 4.93. The summed E-state index contributed by atoms with van der Waals surface area (Å²) < 4.78 is 7.67. The summed E-state index contributed by atoms with van der Waals surface area (Å²) in [7, 11) is 0. The minimum absolute atomic E-state index is 0.0509. The van der Waals surface area contributed by atoms with E-state index >= 15 is 0 Å². The van der Waals surface area contributed by atoms with Gasteiger partial charge >= 0.3 is 0 Å². The maximum absolute atomic E-state index is 10.5. The van der Waals surface area contributed by atoms with Crippen LogP contribution in [0.3, 0.4) is 0 Å². The molecule has 7 heteroatoms. The van der Waals surface area contributed by atoms with Crippen molar-refractivity contribution in [2.75, 3.05) is 6.61 Å². The van der Waals surface area contributed by atoms with Crippen LogP contribution in [0.25, 0.3) is 5.69 Å². The van der Waals surface area contributed by atoms with Gasteiger partial charge < -0.3 is 9.84 Å². The first-order valence-electron chi connectivity index (χ1n) is 7.56. The third kappa shape index (κ3) is 3.92. The number of halogens is 1. The van der Waals surface area contributed by atoms with Crippen LogP contribution in [0.4, 0.5) is 5.69 Å². The molecule has 0 unspecified atom stereocenters. The molecule has 1 aromatic heterocycles. The lowest BCUT2D eigenvalue weighted by atomic mass is 10.3. The second kappa shape index (κ2) is 7.82. The Morgan fingerprint density at radius 2 is 1.96 bits per heavy atom. The van der Waals surface area contributed by atoms with Gasteiger partial charge in [-0.2, -0.15) is 0 Å². The summed E-state index contributed by atoms with van der Waals surface area (Å²) in [6, 6.07) is 14.6. The van der Waals surface area contributed by atoms with E-state index in [1.165, 1.54) is 11.3 Å². The quantitative estimate of drug-likeness (QED) is 0.444. The van der Waals surface area contributed by atoms with Gasteiger partial charge in [-0.15, -0.1) is 0 Å². The molecule has 0 aliphatic heterocycles. The van der Waals surface area contributed by atoms with E-state index in [2.05, 4.69) is 4.99 Å². The summed E-state index contributed by atoms with van der Waals surface area (Å²) in [6.45, 7) is 2.48. The molecule has 0 saturated carbocycles. The molecule has 3 aromatic rings. The molecule has 4 nitrogen and oxygen atoms in total. The maximum atomic E-state index is 10.5. The fourth-order valence-electron chi connectivity index (χ4n) is 2.25. The molecule has 0 radical (unpaired) electrons. The van der Waals surface area contributed by atoms with Gasteiger partial charge in [-0.3, -0.25) is 9.56 Å². The fraction of sp³-hybridized carbons (Fsp3) is 0.111. The number of thiazole rings is 1. The summed E-state index contributed by atoms with van der Waals surface area (Å²) in [6.07, 6.45) is 1.60. The molecule has 2 aromatic carbocycles. The number of rotatable bonds is 5. The van der Waals surface area contributed by atoms with Gasteiger partial charge in [0.1, 0.15) is 16.3 Å². The number of ether oxygens (including phenoxy) is 1. The van der Waals surface area contributed by atoms with Crippen LogP contribution < -0.4 is 4.74 Å². The van der Waals surface area contributed by atoms with Crippen LogP contribution in [0.15, 0.2) is 53.5 Å². The molecule has 0 saturated heterocycles. The summed E-state index contributed by atoms with van der Waals surface area (Å²) in [5.41, 5.74) is 1.44. The Morgan fingerprint density at radius 3 is 2.68 bits per heavy atom. The highest BCUT2D eigenvalue weighted by atomic mass is 35.5. The van der Waals surface area contributed by atoms with Gasteiger partial charge in [-0.25, -0.2) is 0 Å². The number of aliphatic imine (C=N–C) groups is 1. The molecule has 3 rings (SSSR count). The monoisotopic (exact) mass is 390 g/mol. The van der Waals surface area contributed by atoms with Crippen molar-refractivity contribution in [2.45, 2.75) is 6.92 Å². The van der Waals surface area contributed by atoms with Gasteiger partial charge in [-0.1, -0.05) is 35.1 Å². The molecular formula is C18H15ClN2O2S2. The number of hydrogen-bond donors (Lipinski definition) is 1. The van der Waals surface area contributed by atoms with Crippen molar-refractivity contribution in [3.05, 3.63) is 62.4 Å². The maximum Gasteiger partial charge on any atom is 0.216 e. The smallest absolute Gasteiger partial charge is 0.216 e. The topological polar surface area (TPSA) is 46.8 Å². The molecule has 0 amide bonds. The van der Waals surface area contributed by atoms with Crippen molar-refractivity contribution in [1.82, 2.24) is 4.57 Å². The van der Waals surface area contributed by atoms with Gasteiger partial charge in [0, 0.05) is 5.02 Å². The Bertz CT molecular complexity index is 962. The minimum atomic E-state index is 0.0509. The average molecular weight is 391 g/mol. The molecule has 0 aliphatic rings. The van der Waals surface area contributed by atoms with E-state index in [4.69, 9.17) is 28.6 Å². The molecule has 128 valence electrons. The Kier molecular flexibility index (Phi) is 5.53. The lowest BCUT2D eigenvalue weighted by Crippen LogP contribution is -1.93. The van der Waals surface area contributed by atoms with Crippen LogP contribution in [-0.2, 0) is 0 Å². The zero-order valence-electron chi connectivity index (χ0n) is 13.3. The zero-order valence-corrected chi connectivity index (χ0v) is 15.7. The fourth-order valence-corrected chi connectivity index (χ4v) is 3.60. The second-order valence-corrected chi connectivity index (χ2v) is 7.14. The van der Waals surface area contributed by atoms with Gasteiger partial charge in [0.05, 0.1) is 18.5 Å². The molecule has 0 spiro atoms. The zero-order chi connectivity index (χ0) is 17.8. The molecule has 1 N–H and O–H groups in total. The number of benzene rings is 2. The molecule has 0 aliphatic carbocycles. The van der Waals surface area contributed by atoms with Crippen molar-refractivity contribution in [1.29, 1.82) is 0 Å². The highest BCUT2D eigenvalue weighted by Gasteiger charge is 2.12. The van der Waals surface area contributed by atoms with Gasteiger partial charge in [0.25, 0.3) is 0 Å². The van der Waals surface area contributed by atoms with E-state index in [-0.39, 0.29) is 5.88 Å². The van der Waals surface area contributed by atoms with Crippen molar-refractivity contribution in [2.24, 2.45) is 4.99 Å². The molecule has 1 heterocycles. The Hall–Kier alpha value is -2.15. The van der Waals surface area contributed by atoms with Crippen LogP contribution in [0.1, 0.15) is 11.8 Å². The van der Waals surface area contributed by atoms with E-state index in [0.29, 0.717) is 31.9 Å². The SMILES string of the molecule is CCOc1ccccc1N=Cc1sc(=S)n(-c2ccc(Cl)cc2)c1O. The van der Waals surface area contributed by atoms with E-state index < -0.39 is 0 Å². The highest BCUT2D eigenvalue weighted by Crippen LogP contribution is 2.31. The van der Waals surface area contributed by atoms with Gasteiger partial charge in [0.15, 0.2) is 3.95 Å². The number of hydrogen-bond acceptors (Lipinski definition) is 5. The predicted octanol–water partition coefficient (Wildman–Crippen LogP) is 5.78. The largest absolute Gasteiger partial charge is 0.493 e. The van der Waals surface area contributed by atoms with Crippen LogP contribution in [0.2, 0.25) is 5.02 Å². The predicted molar refractivity (Wildman–Crippen MR) is 106 cm³/mol. The Labute approximate surface area is 159 Å². The number of aromatic hydroxyl groups is 1. The van der Waals surface area contributed by atoms with Crippen LogP contribution in [-0.4, -0.2) is 22.5 Å². The normalized spacial score (nSPS) is 11.1. The summed E-state index contributed by atoms with van der Waals surface area (Å²) >= 11 is 12.6. The van der Waals surface area contributed by atoms with E-state index in [1.807, 2.05) is 31.2 Å². The first-order valence-corrected chi connectivity index (χ1v) is 9.17. The lowest BCUT2D eigenvalue weighted by Gasteiger charge is -2.05. The third-order valence-electron chi connectivity index (χ3n) is 3.38. The standard InChI is InChI=1S/C18H15ClN2O2S2/c1-2-23-15-6-4-3-5-14(15)20-11-16-17(22)21(18(24)25-16)13-9-7-12(19)8-10-13/h3-11,22H,2H2,1H3. The summed E-state index contributed by atoms with van der Waals surface area (Å²) in [5.74, 6) is 0.747. The van der Waals surface area contributed by atoms with Crippen LogP contribution in [0.5, 0.6) is 11.6 Å². The lowest BCUT2D eigenvalue weighted by molar-refractivity contribution is 0.341. The van der Waals surface area contributed by atoms with E-state index in [1.54, 1.807) is 35.0 Å². The second-order valence-electron chi connectivity index (χ2n) is 5.03. The van der Waals surface area contributed by atoms with Crippen LogP contribution in [0, 0.1) is 3.95 Å². The van der Waals surface area contributed by atoms with E-state index in [0.717, 1.165) is 5.69 Å². The summed E-state index contributed by atoms with van der Waals surface area (Å²) in [4.78, 5) is 5.01. The van der Waals surface area contributed by atoms with Crippen molar-refractivity contribution in [3.8, 4) is 17.3 Å². The first-order chi connectivity index (χ1) is 12.1. The minimum Gasteiger partial charge on any atom is -0.493 e. The molecular weight excluding hydrogens is 376 g/mol. The van der Waals surface area contributed by atoms with Crippen LogP contribution >= 0.6 is 35.2 Å². The van der Waals surface area contributed by atoms with Crippen molar-refractivity contribution >= 4 is 47.1 Å². The van der Waals surface area contributed by atoms with Gasteiger partial charge in [-0.05, 0) is 55.5 Å². The Morgan fingerprint density at radius 1 is 1.24 bits per heavy atom.